The topological polar surface area (TPSA) is 34.4 Å². The Morgan fingerprint density at radius 2 is 2.35 bits per heavy atom. The van der Waals surface area contributed by atoms with Crippen LogP contribution in [0.2, 0.25) is 0 Å². The normalized spacial score (nSPS) is 22.8. The fourth-order valence-electron chi connectivity index (χ4n) is 3.01. The second-order valence-corrected chi connectivity index (χ2v) is 5.99. The Morgan fingerprint density at radius 3 is 3.10 bits per heavy atom. The molecule has 0 aromatic carbocycles. The van der Waals surface area contributed by atoms with Crippen LogP contribution < -0.4 is 5.32 Å². The third-order valence-corrected chi connectivity index (χ3v) is 3.78. The molecule has 1 aliphatic carbocycles. The quantitative estimate of drug-likeness (QED) is 0.580. The number of rotatable bonds is 8. The summed E-state index contributed by atoms with van der Waals surface area (Å²) in [5.74, 6) is 2.45. The highest BCUT2D eigenvalue weighted by atomic mass is 16.5. The summed E-state index contributed by atoms with van der Waals surface area (Å²) in [5.41, 5.74) is 1.55. The number of hydrogen-bond donors (Lipinski definition) is 1. The minimum Gasteiger partial charge on any atom is -0.467 e. The Balaban J connectivity index is 1.47. The lowest BCUT2D eigenvalue weighted by molar-refractivity contribution is 0.104. The van der Waals surface area contributed by atoms with Gasteiger partial charge in [0, 0.05) is 6.61 Å². The van der Waals surface area contributed by atoms with E-state index in [-0.39, 0.29) is 0 Å². The van der Waals surface area contributed by atoms with E-state index in [4.69, 9.17) is 9.15 Å². The van der Waals surface area contributed by atoms with Crippen molar-refractivity contribution in [3.8, 4) is 0 Å². The van der Waals surface area contributed by atoms with Crippen molar-refractivity contribution in [3.05, 3.63) is 35.8 Å². The van der Waals surface area contributed by atoms with Gasteiger partial charge in [-0.2, -0.15) is 0 Å². The molecule has 20 heavy (non-hydrogen) atoms. The molecule has 2 rings (SSSR count). The summed E-state index contributed by atoms with van der Waals surface area (Å²) in [4.78, 5) is 0. The van der Waals surface area contributed by atoms with Gasteiger partial charge in [-0.05, 0) is 63.2 Å². The molecule has 2 unspecified atom stereocenters. The summed E-state index contributed by atoms with van der Waals surface area (Å²) in [5, 5.41) is 3.56. The van der Waals surface area contributed by atoms with Gasteiger partial charge >= 0.3 is 0 Å². The summed E-state index contributed by atoms with van der Waals surface area (Å²) in [6.45, 7) is 8.10. The highest BCUT2D eigenvalue weighted by Crippen LogP contribution is 2.27. The van der Waals surface area contributed by atoms with E-state index in [2.05, 4.69) is 25.2 Å². The number of allylic oxidation sites excluding steroid dienone is 2. The number of nitrogens with one attached hydrogen (secondary N) is 1. The molecule has 2 atom stereocenters. The Morgan fingerprint density at radius 1 is 1.45 bits per heavy atom. The van der Waals surface area contributed by atoms with Crippen molar-refractivity contribution in [3.63, 3.8) is 0 Å². The van der Waals surface area contributed by atoms with Crippen LogP contribution in [0.3, 0.4) is 0 Å². The number of hydrogen-bond acceptors (Lipinski definition) is 3. The van der Waals surface area contributed by atoms with Crippen molar-refractivity contribution in [2.75, 3.05) is 19.7 Å². The van der Waals surface area contributed by atoms with E-state index in [0.29, 0.717) is 6.61 Å². The summed E-state index contributed by atoms with van der Waals surface area (Å²) in [7, 11) is 0. The van der Waals surface area contributed by atoms with Crippen molar-refractivity contribution in [2.45, 2.75) is 39.7 Å². The first-order valence-corrected chi connectivity index (χ1v) is 7.72. The van der Waals surface area contributed by atoms with Gasteiger partial charge in [0.2, 0.25) is 0 Å². The highest BCUT2D eigenvalue weighted by Gasteiger charge is 2.17. The zero-order valence-electron chi connectivity index (χ0n) is 12.7. The first kappa shape index (κ1) is 15.3. The molecule has 3 heteroatoms. The standard InChI is InChI=1S/C17H27NO2/c1-14-9-15(2)11-16(10-14)12-18-6-4-7-19-13-17-5-3-8-20-17/h3,5,8-9,14,16,18H,4,6-7,10-13H2,1-2H3. The van der Waals surface area contributed by atoms with Gasteiger partial charge in [0.15, 0.2) is 0 Å². The molecule has 3 nitrogen and oxygen atoms in total. The molecular formula is C17H27NO2. The second kappa shape index (κ2) is 8.28. The van der Waals surface area contributed by atoms with Crippen LogP contribution in [0.15, 0.2) is 34.5 Å². The molecule has 0 amide bonds. The Kier molecular flexibility index (Phi) is 6.34. The van der Waals surface area contributed by atoms with Crippen molar-refractivity contribution < 1.29 is 9.15 Å². The average Bonchev–Trinajstić information content (AvgIpc) is 2.89. The average molecular weight is 277 g/mol. The van der Waals surface area contributed by atoms with E-state index in [0.717, 1.165) is 43.7 Å². The number of furan rings is 1. The zero-order valence-corrected chi connectivity index (χ0v) is 12.7. The van der Waals surface area contributed by atoms with Gasteiger partial charge in [0.1, 0.15) is 12.4 Å². The SMILES string of the molecule is CC1=CC(C)CC(CNCCCOCc2ccco2)C1. The van der Waals surface area contributed by atoms with Crippen molar-refractivity contribution >= 4 is 0 Å². The Bertz CT molecular complexity index is 397. The maximum Gasteiger partial charge on any atom is 0.129 e. The van der Waals surface area contributed by atoms with Crippen LogP contribution in [-0.4, -0.2) is 19.7 Å². The summed E-state index contributed by atoms with van der Waals surface area (Å²) < 4.78 is 10.8. The van der Waals surface area contributed by atoms with E-state index in [1.165, 1.54) is 12.8 Å². The third kappa shape index (κ3) is 5.51. The molecule has 1 N–H and O–H groups in total. The minimum absolute atomic E-state index is 0.580. The molecule has 1 heterocycles. The van der Waals surface area contributed by atoms with E-state index in [1.807, 2.05) is 12.1 Å². The van der Waals surface area contributed by atoms with Gasteiger partial charge in [-0.3, -0.25) is 0 Å². The fraction of sp³-hybridized carbons (Fsp3) is 0.647. The molecule has 0 saturated heterocycles. The first-order chi connectivity index (χ1) is 9.74. The van der Waals surface area contributed by atoms with Gasteiger partial charge in [-0.25, -0.2) is 0 Å². The minimum atomic E-state index is 0.580. The molecular weight excluding hydrogens is 250 g/mol. The van der Waals surface area contributed by atoms with Crippen LogP contribution in [0.25, 0.3) is 0 Å². The predicted octanol–water partition coefficient (Wildman–Crippen LogP) is 3.77. The molecule has 0 fully saturated rings. The maximum atomic E-state index is 5.56. The molecule has 0 spiro atoms. The van der Waals surface area contributed by atoms with Crippen LogP contribution >= 0.6 is 0 Å². The van der Waals surface area contributed by atoms with Crippen LogP contribution in [-0.2, 0) is 11.3 Å². The van der Waals surface area contributed by atoms with E-state index in [1.54, 1.807) is 11.8 Å². The van der Waals surface area contributed by atoms with Gasteiger partial charge in [-0.1, -0.05) is 18.6 Å². The van der Waals surface area contributed by atoms with E-state index >= 15 is 0 Å². The lowest BCUT2D eigenvalue weighted by Gasteiger charge is -2.25. The van der Waals surface area contributed by atoms with Crippen molar-refractivity contribution in [2.24, 2.45) is 11.8 Å². The lowest BCUT2D eigenvalue weighted by atomic mass is 9.84. The predicted molar refractivity (Wildman–Crippen MR) is 81.5 cm³/mol. The number of ether oxygens (including phenoxy) is 1. The second-order valence-electron chi connectivity index (χ2n) is 5.99. The monoisotopic (exact) mass is 277 g/mol. The molecule has 0 saturated carbocycles. The van der Waals surface area contributed by atoms with Crippen LogP contribution in [0.4, 0.5) is 0 Å². The highest BCUT2D eigenvalue weighted by molar-refractivity contribution is 5.06. The molecule has 1 aliphatic rings. The zero-order chi connectivity index (χ0) is 14.2. The molecule has 0 aliphatic heterocycles. The van der Waals surface area contributed by atoms with Crippen LogP contribution in [0, 0.1) is 11.8 Å². The third-order valence-electron chi connectivity index (χ3n) is 3.78. The molecule has 0 bridgehead atoms. The largest absolute Gasteiger partial charge is 0.467 e. The van der Waals surface area contributed by atoms with E-state index < -0.39 is 0 Å². The van der Waals surface area contributed by atoms with Gasteiger partial charge in [0.25, 0.3) is 0 Å². The Hall–Kier alpha value is -1.06. The first-order valence-electron chi connectivity index (χ1n) is 7.72. The molecule has 112 valence electrons. The Labute approximate surface area is 122 Å². The summed E-state index contributed by atoms with van der Waals surface area (Å²) in [6, 6.07) is 3.83. The van der Waals surface area contributed by atoms with Crippen molar-refractivity contribution in [1.82, 2.24) is 5.32 Å². The van der Waals surface area contributed by atoms with Gasteiger partial charge < -0.3 is 14.5 Å². The van der Waals surface area contributed by atoms with Crippen LogP contribution in [0.1, 0.15) is 38.9 Å². The van der Waals surface area contributed by atoms with Gasteiger partial charge in [-0.15, -0.1) is 0 Å². The van der Waals surface area contributed by atoms with Crippen molar-refractivity contribution in [1.29, 1.82) is 0 Å². The van der Waals surface area contributed by atoms with E-state index in [9.17, 15) is 0 Å². The van der Waals surface area contributed by atoms with Crippen LogP contribution in [0.5, 0.6) is 0 Å². The maximum absolute atomic E-state index is 5.56. The lowest BCUT2D eigenvalue weighted by Crippen LogP contribution is -2.27. The fourth-order valence-corrected chi connectivity index (χ4v) is 3.01. The van der Waals surface area contributed by atoms with Gasteiger partial charge in [0.05, 0.1) is 6.26 Å². The molecule has 1 aromatic rings. The summed E-state index contributed by atoms with van der Waals surface area (Å²) in [6.07, 6.45) is 7.73. The smallest absolute Gasteiger partial charge is 0.129 e. The molecule has 0 radical (unpaired) electrons. The molecule has 1 aromatic heterocycles. The summed E-state index contributed by atoms with van der Waals surface area (Å²) >= 11 is 0.